The maximum Gasteiger partial charge on any atom is 0.407 e. The van der Waals surface area contributed by atoms with Crippen LogP contribution in [0.25, 0.3) is 0 Å². The second kappa shape index (κ2) is 42.2. The Bertz CT molecular complexity index is 2370. The van der Waals surface area contributed by atoms with E-state index in [1.54, 1.807) is 0 Å². The lowest BCUT2D eigenvalue weighted by atomic mass is 9.78. The fourth-order valence-corrected chi connectivity index (χ4v) is 9.48. The lowest BCUT2D eigenvalue weighted by Gasteiger charge is -2.31. The number of aliphatic hydroxyl groups is 2. The highest BCUT2D eigenvalue weighted by Gasteiger charge is 2.37. The van der Waals surface area contributed by atoms with Crippen molar-refractivity contribution in [2.45, 2.75) is 190 Å². The van der Waals surface area contributed by atoms with Crippen molar-refractivity contribution in [1.82, 2.24) is 11.5 Å². The number of alkyl carbamates (subject to hydrolysis) is 1. The van der Waals surface area contributed by atoms with Gasteiger partial charge in [-0.2, -0.15) is 0 Å². The molecular formula is C62H101I4N5O13. The molecule has 12 N–H and O–H groups in total. The van der Waals surface area contributed by atoms with Crippen molar-refractivity contribution in [3.8, 4) is 0 Å². The molecule has 0 spiro atoms. The third-order valence-corrected chi connectivity index (χ3v) is 15.0. The zero-order valence-corrected chi connectivity index (χ0v) is 61.3. The predicted molar refractivity (Wildman–Crippen MR) is 368 cm³/mol. The molecule has 0 saturated carbocycles. The number of hydrogen-bond donors (Lipinski definition) is 7. The molecule has 1 aliphatic rings. The number of epoxide rings is 1. The molecule has 3 aromatic carbocycles. The minimum absolute atomic E-state index is 0. The maximum absolute atomic E-state index is 12.9. The van der Waals surface area contributed by atoms with E-state index in [2.05, 4.69) is 119 Å². The van der Waals surface area contributed by atoms with Gasteiger partial charge in [0.25, 0.3) is 0 Å². The van der Waals surface area contributed by atoms with Crippen LogP contribution in [-0.4, -0.2) is 102 Å². The maximum atomic E-state index is 12.9. The first-order chi connectivity index (χ1) is 37.9. The summed E-state index contributed by atoms with van der Waals surface area (Å²) in [5.74, 6) is 6.10. The van der Waals surface area contributed by atoms with Gasteiger partial charge in [-0.25, -0.2) is 4.79 Å². The molecule has 84 heavy (non-hydrogen) atoms. The smallest absolute Gasteiger partial charge is 0.407 e. The summed E-state index contributed by atoms with van der Waals surface area (Å²) in [6, 6.07) is 24.0. The van der Waals surface area contributed by atoms with Crippen LogP contribution in [0.3, 0.4) is 0 Å². The number of nitrogens with one attached hydrogen (secondary N) is 1. The van der Waals surface area contributed by atoms with Gasteiger partial charge >= 0.3 is 24.0 Å². The highest BCUT2D eigenvalue weighted by atomic mass is 127. The minimum Gasteiger partial charge on any atom is -0.469 e. The average Bonchev–Trinajstić information content (AvgIpc) is 4.23. The predicted octanol–water partition coefficient (Wildman–Crippen LogP) is 11.8. The number of amides is 2. The Balaban J connectivity index is -0.00000105. The number of hydrazine groups is 1. The second-order valence-corrected chi connectivity index (χ2v) is 28.1. The number of benzene rings is 3. The van der Waals surface area contributed by atoms with Crippen LogP contribution in [-0.2, 0) is 66.9 Å². The molecule has 0 aromatic heterocycles. The quantitative estimate of drug-likeness (QED) is 0.0123. The first-order valence-corrected chi connectivity index (χ1v) is 30.9. The number of ether oxygens (including phenoxy) is 5. The summed E-state index contributed by atoms with van der Waals surface area (Å²) in [5.41, 5.74) is 6.99. The van der Waals surface area contributed by atoms with Crippen molar-refractivity contribution in [2.75, 3.05) is 20.8 Å². The first kappa shape index (κ1) is 85.4. The highest BCUT2D eigenvalue weighted by Crippen LogP contribution is 2.31. The van der Waals surface area contributed by atoms with Crippen LogP contribution in [0.1, 0.15) is 152 Å². The number of rotatable bonds is 22. The molecule has 8 atom stereocenters. The summed E-state index contributed by atoms with van der Waals surface area (Å²) in [6.07, 6.45) is 2.83. The van der Waals surface area contributed by atoms with Crippen molar-refractivity contribution in [2.24, 2.45) is 51.9 Å². The molecular weight excluding hydrogens is 1530 g/mol. The normalized spacial score (nSPS) is 15.1. The van der Waals surface area contributed by atoms with Crippen LogP contribution in [0.4, 0.5) is 4.79 Å². The largest absolute Gasteiger partial charge is 0.469 e. The Morgan fingerprint density at radius 3 is 1.24 bits per heavy atom. The molecule has 0 radical (unpaired) electrons. The summed E-state index contributed by atoms with van der Waals surface area (Å²) in [7, 11) is 2.57. The number of carbonyl (C=O) groups excluding carboxylic acids is 6. The van der Waals surface area contributed by atoms with E-state index in [4.69, 9.17) is 19.9 Å². The Morgan fingerprint density at radius 1 is 0.583 bits per heavy atom. The Labute approximate surface area is 559 Å². The topological polar surface area (TPSA) is 317 Å². The van der Waals surface area contributed by atoms with Gasteiger partial charge in [0, 0.05) is 23.0 Å². The van der Waals surface area contributed by atoms with E-state index in [1.165, 1.54) is 26.9 Å². The standard InChI is InChI=1S/C20H30INO4.C17H25IO3.C16H21IO3.C9H17NO3.HI.H4N2.H3N/c1-6-16(23)14(11-13-7-9-15(21)10-8-13)12-17(24)18(20(2,3)4)22-19(25)26-5;1-5-15(19)13(11-16(20)21-17(2,3)4)10-12-6-8-14(18)9-7-12;1-16(2,3)20-15(18)9-12(14-10-19-14)8-11-4-6-13(17)7-5-11;1-9(2,3)6(8(10)12)5-7(11)13-4;;1-2;/h7-10,14,16,18,23H,6,11-12H2,1-5H3,(H,22,25);6-9,13,15,19H,5,10-11H2,1-4H3;4-7,12,14H,8-10H2,1-3H3;6H,5H2,1-4H3,(H2,10,12);1H;1-2H2;1H3/t14-,16+,18-;13-,15+;12-,14+;6-;;;/m1111.../s1. The molecule has 22 heteroatoms. The monoisotopic (exact) mass is 1630 g/mol. The average molecular weight is 1630 g/mol. The van der Waals surface area contributed by atoms with Crippen LogP contribution in [0.15, 0.2) is 72.8 Å². The van der Waals surface area contributed by atoms with E-state index in [-0.39, 0.29) is 96.4 Å². The Morgan fingerprint density at radius 2 is 0.940 bits per heavy atom. The van der Waals surface area contributed by atoms with E-state index in [9.17, 15) is 39.0 Å². The van der Waals surface area contributed by atoms with Crippen LogP contribution in [0.2, 0.25) is 0 Å². The Hall–Kier alpha value is -2.84. The number of primary amides is 1. The van der Waals surface area contributed by atoms with Crippen molar-refractivity contribution in [3.63, 3.8) is 0 Å². The third-order valence-electron chi connectivity index (χ3n) is 12.8. The number of halogens is 4. The number of esters is 3. The zero-order chi connectivity index (χ0) is 63.3. The van der Waals surface area contributed by atoms with Gasteiger partial charge in [-0.05, 0) is 217 Å². The van der Waals surface area contributed by atoms with Crippen molar-refractivity contribution < 1.29 is 62.7 Å². The number of hydrogen-bond acceptors (Lipinski definition) is 16. The molecule has 0 bridgehead atoms. The van der Waals surface area contributed by atoms with Gasteiger partial charge < -0.3 is 51.1 Å². The third kappa shape index (κ3) is 38.4. The highest BCUT2D eigenvalue weighted by molar-refractivity contribution is 14.1. The van der Waals surface area contributed by atoms with Gasteiger partial charge in [-0.1, -0.05) is 91.8 Å². The summed E-state index contributed by atoms with van der Waals surface area (Å²) >= 11 is 6.80. The lowest BCUT2D eigenvalue weighted by Crippen LogP contribution is -2.50. The van der Waals surface area contributed by atoms with E-state index >= 15 is 0 Å². The van der Waals surface area contributed by atoms with Crippen LogP contribution >= 0.6 is 91.7 Å². The molecule has 1 fully saturated rings. The molecule has 0 aliphatic carbocycles. The SMILES string of the molecule is CC(C)(C)OC(=O)C[C@@H](Cc1ccc(I)cc1)[C@@H]1CO1.CC[C@H](O)[C@@H](CC(=O)OC(C)(C)C)Cc1ccc(I)cc1.CC[C@H](O)[C@@H](CC(=O)[C@@H](NC(=O)OC)C(C)(C)C)Cc1ccc(I)cc1.COC(=O)C[C@H](C(N)=O)C(C)(C)C.I.N.NN. The summed E-state index contributed by atoms with van der Waals surface area (Å²) < 4.78 is 28.8. The van der Waals surface area contributed by atoms with Crippen molar-refractivity contribution >= 4 is 127 Å². The van der Waals surface area contributed by atoms with Crippen LogP contribution in [0, 0.1) is 45.2 Å². The molecule has 3 aromatic rings. The lowest BCUT2D eigenvalue weighted by molar-refractivity contribution is -0.157. The van der Waals surface area contributed by atoms with Gasteiger partial charge in [0.2, 0.25) is 5.91 Å². The molecule has 480 valence electrons. The number of aliphatic hydroxyl groups excluding tert-OH is 2. The number of nitrogens with two attached hydrogens (primary N) is 3. The molecule has 1 heterocycles. The summed E-state index contributed by atoms with van der Waals surface area (Å²) in [4.78, 5) is 70.5. The fraction of sp³-hybridized carbons (Fsp3) is 0.613. The van der Waals surface area contributed by atoms with E-state index in [1.807, 2.05) is 145 Å². The van der Waals surface area contributed by atoms with E-state index in [0.717, 1.165) is 27.7 Å². The van der Waals surface area contributed by atoms with Crippen molar-refractivity contribution in [3.05, 3.63) is 100 Å². The van der Waals surface area contributed by atoms with Crippen LogP contribution < -0.4 is 28.9 Å². The molecule has 1 saturated heterocycles. The fourth-order valence-electron chi connectivity index (χ4n) is 8.40. The van der Waals surface area contributed by atoms with Gasteiger partial charge in [0.15, 0.2) is 5.78 Å². The molecule has 0 unspecified atom stereocenters. The molecule has 18 nitrogen and oxygen atoms in total. The van der Waals surface area contributed by atoms with E-state index in [0.29, 0.717) is 32.1 Å². The zero-order valence-electron chi connectivity index (χ0n) is 52.5. The minimum atomic E-state index is -0.668. The number of ketones is 1. The molecule has 1 aliphatic heterocycles. The van der Waals surface area contributed by atoms with Gasteiger partial charge in [-0.15, -0.1) is 24.0 Å². The first-order valence-electron chi connectivity index (χ1n) is 27.6. The molecule has 4 rings (SSSR count). The van der Waals surface area contributed by atoms with Gasteiger partial charge in [0.1, 0.15) is 11.2 Å². The number of Topliss-reactive ketones (excluding diaryl/α,β-unsaturated/α-hetero) is 1. The van der Waals surface area contributed by atoms with Crippen molar-refractivity contribution in [1.29, 1.82) is 0 Å². The second-order valence-electron chi connectivity index (χ2n) is 24.4. The van der Waals surface area contributed by atoms with Gasteiger partial charge in [0.05, 0.1) is 70.4 Å². The number of carbonyl (C=O) groups is 6. The van der Waals surface area contributed by atoms with Gasteiger partial charge in [-0.3, -0.25) is 35.7 Å². The van der Waals surface area contributed by atoms with Crippen LogP contribution in [0.5, 0.6) is 0 Å². The number of methoxy groups -OCH3 is 2. The molecule has 2 amide bonds. The summed E-state index contributed by atoms with van der Waals surface area (Å²) in [5, 5.41) is 23.2. The summed E-state index contributed by atoms with van der Waals surface area (Å²) in [6.45, 7) is 27.2. The Kier molecular flexibility index (Phi) is 42.8. The van der Waals surface area contributed by atoms with E-state index < -0.39 is 58.8 Å².